The van der Waals surface area contributed by atoms with Crippen LogP contribution in [0.3, 0.4) is 0 Å². The summed E-state index contributed by atoms with van der Waals surface area (Å²) < 4.78 is 5.38. The fraction of sp³-hybridized carbons (Fsp3) is 0.353. The maximum absolute atomic E-state index is 12.2. The first-order chi connectivity index (χ1) is 11.3. The molecule has 2 heterocycles. The summed E-state index contributed by atoms with van der Waals surface area (Å²) in [5, 5.41) is 9.80. The largest absolute Gasteiger partial charge is 0.444 e. The molecule has 7 nitrogen and oxygen atoms in total. The van der Waals surface area contributed by atoms with E-state index in [2.05, 4.69) is 15.5 Å². The highest BCUT2D eigenvalue weighted by atomic mass is 16.6. The number of nitrogens with zero attached hydrogens (tertiary/aromatic N) is 2. The Morgan fingerprint density at radius 2 is 1.92 bits per heavy atom. The number of rotatable bonds is 2. The Bertz CT molecular complexity index is 762. The fourth-order valence-corrected chi connectivity index (χ4v) is 2.47. The number of fused-ring (bicyclic) bond motifs is 1. The number of H-pyrrole nitrogens is 1. The molecule has 0 aliphatic carbocycles. The van der Waals surface area contributed by atoms with Gasteiger partial charge >= 0.3 is 6.09 Å². The number of anilines is 1. The molecule has 0 atom stereocenters. The zero-order valence-corrected chi connectivity index (χ0v) is 13.9. The predicted octanol–water partition coefficient (Wildman–Crippen LogP) is 2.91. The molecule has 1 aliphatic rings. The second kappa shape index (κ2) is 5.99. The fourth-order valence-electron chi connectivity index (χ4n) is 2.47. The van der Waals surface area contributed by atoms with Crippen molar-refractivity contribution in [3.63, 3.8) is 0 Å². The third-order valence-corrected chi connectivity index (χ3v) is 3.57. The number of hydrogen-bond donors (Lipinski definition) is 2. The average molecular weight is 328 g/mol. The molecule has 1 aromatic heterocycles. The van der Waals surface area contributed by atoms with Crippen LogP contribution in [0.4, 0.5) is 10.6 Å². The topological polar surface area (TPSA) is 87.3 Å². The van der Waals surface area contributed by atoms with E-state index >= 15 is 0 Å². The first kappa shape index (κ1) is 16.0. The maximum Gasteiger partial charge on any atom is 0.410 e. The number of ether oxygens (including phenoxy) is 1. The summed E-state index contributed by atoms with van der Waals surface area (Å²) in [4.78, 5) is 26.0. The van der Waals surface area contributed by atoms with Crippen molar-refractivity contribution in [2.24, 2.45) is 0 Å². The number of benzene rings is 1. The molecule has 0 spiro atoms. The van der Waals surface area contributed by atoms with Crippen molar-refractivity contribution >= 4 is 17.8 Å². The van der Waals surface area contributed by atoms with Crippen LogP contribution in [0.5, 0.6) is 0 Å². The molecule has 2 N–H and O–H groups in total. The molecule has 0 saturated heterocycles. The van der Waals surface area contributed by atoms with Crippen LogP contribution < -0.4 is 5.32 Å². The van der Waals surface area contributed by atoms with Crippen molar-refractivity contribution < 1.29 is 14.3 Å². The summed E-state index contributed by atoms with van der Waals surface area (Å²) in [5.41, 5.74) is 1.63. The lowest BCUT2D eigenvalue weighted by atomic mass is 10.2. The molecule has 0 saturated carbocycles. The summed E-state index contributed by atoms with van der Waals surface area (Å²) in [6.07, 6.45) is -0.382. The van der Waals surface area contributed by atoms with Crippen molar-refractivity contribution in [2.75, 3.05) is 5.32 Å². The number of hydrogen-bond acceptors (Lipinski definition) is 4. The van der Waals surface area contributed by atoms with Crippen LogP contribution in [-0.2, 0) is 17.8 Å². The summed E-state index contributed by atoms with van der Waals surface area (Å²) in [7, 11) is 0. The van der Waals surface area contributed by atoms with Gasteiger partial charge in [0.15, 0.2) is 5.82 Å². The van der Waals surface area contributed by atoms with Crippen LogP contribution in [0.25, 0.3) is 0 Å². The molecule has 0 radical (unpaired) electrons. The summed E-state index contributed by atoms with van der Waals surface area (Å²) >= 11 is 0. The van der Waals surface area contributed by atoms with E-state index in [1.807, 2.05) is 26.8 Å². The Kier molecular flexibility index (Phi) is 4.01. The smallest absolute Gasteiger partial charge is 0.410 e. The van der Waals surface area contributed by atoms with Crippen molar-refractivity contribution in [2.45, 2.75) is 39.5 Å². The molecule has 126 valence electrons. The van der Waals surface area contributed by atoms with Crippen molar-refractivity contribution in [1.29, 1.82) is 0 Å². The molecule has 1 aromatic carbocycles. The molecule has 1 aliphatic heterocycles. The highest BCUT2D eigenvalue weighted by Gasteiger charge is 2.31. The van der Waals surface area contributed by atoms with Crippen LogP contribution in [0.2, 0.25) is 0 Å². The highest BCUT2D eigenvalue weighted by Crippen LogP contribution is 2.28. The Labute approximate surface area is 140 Å². The normalized spacial score (nSPS) is 13.5. The zero-order valence-electron chi connectivity index (χ0n) is 13.9. The van der Waals surface area contributed by atoms with Gasteiger partial charge in [-0.25, -0.2) is 4.79 Å². The predicted molar refractivity (Wildman–Crippen MR) is 88.5 cm³/mol. The summed E-state index contributed by atoms with van der Waals surface area (Å²) in [6, 6.07) is 8.91. The summed E-state index contributed by atoms with van der Waals surface area (Å²) in [5.74, 6) is 0.213. The first-order valence-corrected chi connectivity index (χ1v) is 7.74. The Hall–Kier alpha value is -2.83. The lowest BCUT2D eigenvalue weighted by molar-refractivity contribution is 0.0240. The second-order valence-corrected chi connectivity index (χ2v) is 6.69. The van der Waals surface area contributed by atoms with E-state index in [1.54, 1.807) is 29.2 Å². The van der Waals surface area contributed by atoms with Gasteiger partial charge in [0.1, 0.15) is 5.60 Å². The first-order valence-electron chi connectivity index (χ1n) is 7.74. The van der Waals surface area contributed by atoms with Gasteiger partial charge in [-0.3, -0.25) is 14.8 Å². The standard InChI is InChI=1S/C17H20N4O3/c1-17(2,3)24-16(23)21-9-12-13(10-21)19-20-14(12)18-15(22)11-7-5-4-6-8-11/h4-8H,9-10H2,1-3H3,(H2,18,19,20,22). The highest BCUT2D eigenvalue weighted by molar-refractivity contribution is 6.04. The van der Waals surface area contributed by atoms with E-state index in [0.29, 0.717) is 24.5 Å². The van der Waals surface area contributed by atoms with Gasteiger partial charge in [-0.2, -0.15) is 5.10 Å². The van der Waals surface area contributed by atoms with E-state index < -0.39 is 5.60 Å². The van der Waals surface area contributed by atoms with E-state index in [4.69, 9.17) is 4.74 Å². The van der Waals surface area contributed by atoms with Crippen LogP contribution in [0, 0.1) is 0 Å². The molecular weight excluding hydrogens is 308 g/mol. The van der Waals surface area contributed by atoms with Crippen molar-refractivity contribution in [3.05, 3.63) is 47.2 Å². The number of aromatic nitrogens is 2. The van der Waals surface area contributed by atoms with Gasteiger partial charge < -0.3 is 10.1 Å². The number of nitrogens with one attached hydrogen (secondary N) is 2. The van der Waals surface area contributed by atoms with E-state index in [1.165, 1.54) is 0 Å². The molecule has 0 unspecified atom stereocenters. The molecule has 0 fully saturated rings. The zero-order chi connectivity index (χ0) is 17.3. The third-order valence-electron chi connectivity index (χ3n) is 3.57. The molecule has 24 heavy (non-hydrogen) atoms. The number of carbonyl (C=O) groups is 2. The Morgan fingerprint density at radius 3 is 2.58 bits per heavy atom. The quantitative estimate of drug-likeness (QED) is 0.887. The second-order valence-electron chi connectivity index (χ2n) is 6.69. The van der Waals surface area contributed by atoms with E-state index in [0.717, 1.165) is 11.3 Å². The molecule has 2 amide bonds. The lowest BCUT2D eigenvalue weighted by Gasteiger charge is -2.24. The van der Waals surface area contributed by atoms with Crippen molar-refractivity contribution in [3.8, 4) is 0 Å². The summed E-state index contributed by atoms with van der Waals surface area (Å²) in [6.45, 7) is 6.22. The molecule has 2 aromatic rings. The van der Waals surface area contributed by atoms with Gasteiger partial charge in [0.25, 0.3) is 5.91 Å². The monoisotopic (exact) mass is 328 g/mol. The van der Waals surface area contributed by atoms with Gasteiger partial charge in [-0.05, 0) is 32.9 Å². The van der Waals surface area contributed by atoms with Crippen LogP contribution in [0.15, 0.2) is 30.3 Å². The minimum atomic E-state index is -0.546. The Balaban J connectivity index is 1.69. The van der Waals surface area contributed by atoms with Crippen LogP contribution in [-0.4, -0.2) is 32.7 Å². The maximum atomic E-state index is 12.2. The van der Waals surface area contributed by atoms with Gasteiger partial charge in [0.2, 0.25) is 0 Å². The van der Waals surface area contributed by atoms with Crippen LogP contribution >= 0.6 is 0 Å². The van der Waals surface area contributed by atoms with E-state index in [9.17, 15) is 9.59 Å². The van der Waals surface area contributed by atoms with Crippen LogP contribution in [0.1, 0.15) is 42.4 Å². The number of aromatic amines is 1. The molecule has 7 heteroatoms. The number of carbonyl (C=O) groups excluding carboxylic acids is 2. The average Bonchev–Trinajstić information content (AvgIpc) is 3.08. The van der Waals surface area contributed by atoms with Gasteiger partial charge in [0.05, 0.1) is 18.8 Å². The minimum Gasteiger partial charge on any atom is -0.444 e. The third kappa shape index (κ3) is 3.40. The van der Waals surface area contributed by atoms with E-state index in [-0.39, 0.29) is 12.0 Å². The molecule has 3 rings (SSSR count). The number of amides is 2. The minimum absolute atomic E-state index is 0.236. The SMILES string of the molecule is CC(C)(C)OC(=O)N1Cc2[nH]nc(NC(=O)c3ccccc3)c2C1. The van der Waals surface area contributed by atoms with Gasteiger partial charge in [0, 0.05) is 11.1 Å². The molecular formula is C17H20N4O3. The lowest BCUT2D eigenvalue weighted by Crippen LogP contribution is -2.33. The Morgan fingerprint density at radius 1 is 1.21 bits per heavy atom. The van der Waals surface area contributed by atoms with Gasteiger partial charge in [-0.15, -0.1) is 0 Å². The molecule has 0 bridgehead atoms. The van der Waals surface area contributed by atoms with Crippen molar-refractivity contribution in [1.82, 2.24) is 15.1 Å². The van der Waals surface area contributed by atoms with Gasteiger partial charge in [-0.1, -0.05) is 18.2 Å².